The maximum absolute atomic E-state index is 11.6. The van der Waals surface area contributed by atoms with Crippen LogP contribution in [0.4, 0.5) is 0 Å². The summed E-state index contributed by atoms with van der Waals surface area (Å²) in [4.78, 5) is 16.0. The van der Waals surface area contributed by atoms with Crippen LogP contribution in [0.3, 0.4) is 0 Å². The summed E-state index contributed by atoms with van der Waals surface area (Å²) >= 11 is 1.03. The van der Waals surface area contributed by atoms with E-state index in [-0.39, 0.29) is 19.6 Å². The number of carbonyl (C=O) groups excluding carboxylic acids is 1. The molecule has 1 heterocycles. The Balaban J connectivity index is 2.86. The van der Waals surface area contributed by atoms with Gasteiger partial charge in [0, 0.05) is 0 Å². The Kier molecular flexibility index (Phi) is 5.67. The molecule has 102 valence electrons. The topological polar surface area (TPSA) is 106 Å². The van der Waals surface area contributed by atoms with E-state index >= 15 is 0 Å². The Morgan fingerprint density at radius 1 is 1.56 bits per heavy atom. The predicted octanol–water partition coefficient (Wildman–Crippen LogP) is 0.371. The number of aliphatic hydroxyl groups is 2. The number of esters is 1. The van der Waals surface area contributed by atoms with Crippen LogP contribution in [0.15, 0.2) is 0 Å². The number of hydrogen-bond donors (Lipinski definition) is 3. The molecule has 7 heteroatoms. The molecule has 0 radical (unpaired) electrons. The summed E-state index contributed by atoms with van der Waals surface area (Å²) < 4.78 is 4.88. The van der Waals surface area contributed by atoms with Crippen LogP contribution in [0.2, 0.25) is 0 Å². The summed E-state index contributed by atoms with van der Waals surface area (Å²) in [6.07, 6.45) is -1.83. The van der Waals surface area contributed by atoms with E-state index in [0.29, 0.717) is 15.6 Å². The molecule has 0 aliphatic heterocycles. The Morgan fingerprint density at radius 2 is 2.22 bits per heavy atom. The van der Waals surface area contributed by atoms with E-state index in [9.17, 15) is 15.0 Å². The molecular weight excluding hydrogens is 256 g/mol. The maximum Gasteiger partial charge on any atom is 0.350 e. The molecule has 4 N–H and O–H groups in total. The molecule has 0 spiro atoms. The SMILES string of the molecule is CCOC(=O)c1sc(C(O)C(O)CCN)nc1C. The fourth-order valence-corrected chi connectivity index (χ4v) is 2.43. The quantitative estimate of drug-likeness (QED) is 0.647. The Morgan fingerprint density at radius 3 is 2.78 bits per heavy atom. The molecule has 0 aliphatic carbocycles. The van der Waals surface area contributed by atoms with Crippen LogP contribution >= 0.6 is 11.3 Å². The highest BCUT2D eigenvalue weighted by molar-refractivity contribution is 7.13. The minimum Gasteiger partial charge on any atom is -0.462 e. The fourth-order valence-electron chi connectivity index (χ4n) is 1.42. The highest BCUT2D eigenvalue weighted by atomic mass is 32.1. The third-order valence-corrected chi connectivity index (χ3v) is 3.56. The van der Waals surface area contributed by atoms with Gasteiger partial charge < -0.3 is 20.7 Å². The lowest BCUT2D eigenvalue weighted by atomic mass is 10.1. The third kappa shape index (κ3) is 3.49. The number of thiazole rings is 1. The summed E-state index contributed by atoms with van der Waals surface area (Å²) in [6, 6.07) is 0. The van der Waals surface area contributed by atoms with E-state index in [2.05, 4.69) is 4.98 Å². The molecule has 18 heavy (non-hydrogen) atoms. The Bertz CT molecular complexity index is 408. The molecule has 0 fully saturated rings. The molecule has 2 unspecified atom stereocenters. The van der Waals surface area contributed by atoms with Crippen LogP contribution < -0.4 is 5.73 Å². The first-order valence-corrected chi connectivity index (χ1v) is 6.53. The van der Waals surface area contributed by atoms with Gasteiger partial charge >= 0.3 is 5.97 Å². The van der Waals surface area contributed by atoms with E-state index in [1.54, 1.807) is 13.8 Å². The molecule has 1 aromatic rings. The van der Waals surface area contributed by atoms with Gasteiger partial charge in [-0.05, 0) is 26.8 Å². The van der Waals surface area contributed by atoms with Gasteiger partial charge in [0.2, 0.25) is 0 Å². The van der Waals surface area contributed by atoms with Crippen molar-refractivity contribution < 1.29 is 19.7 Å². The summed E-state index contributed by atoms with van der Waals surface area (Å²) in [6.45, 7) is 3.93. The highest BCUT2D eigenvalue weighted by Gasteiger charge is 2.24. The third-order valence-electron chi connectivity index (χ3n) is 2.35. The van der Waals surface area contributed by atoms with Gasteiger partial charge in [-0.25, -0.2) is 9.78 Å². The summed E-state index contributed by atoms with van der Waals surface area (Å²) in [7, 11) is 0. The van der Waals surface area contributed by atoms with E-state index in [0.717, 1.165) is 11.3 Å². The molecule has 1 rings (SSSR count). The molecule has 0 saturated carbocycles. The number of aliphatic hydroxyl groups excluding tert-OH is 2. The molecule has 0 saturated heterocycles. The first-order chi connectivity index (χ1) is 8.51. The molecule has 0 amide bonds. The smallest absolute Gasteiger partial charge is 0.350 e. The van der Waals surface area contributed by atoms with Crippen molar-refractivity contribution in [3.05, 3.63) is 15.6 Å². The van der Waals surface area contributed by atoms with Gasteiger partial charge in [-0.3, -0.25) is 0 Å². The van der Waals surface area contributed by atoms with E-state index in [1.165, 1.54) is 0 Å². The van der Waals surface area contributed by atoms with Gasteiger partial charge in [-0.1, -0.05) is 0 Å². The van der Waals surface area contributed by atoms with Gasteiger partial charge in [0.15, 0.2) is 0 Å². The van der Waals surface area contributed by atoms with E-state index in [1.807, 2.05) is 0 Å². The number of nitrogens with two attached hydrogens (primary N) is 1. The van der Waals surface area contributed by atoms with Crippen molar-refractivity contribution in [3.8, 4) is 0 Å². The fraction of sp³-hybridized carbons (Fsp3) is 0.636. The van der Waals surface area contributed by atoms with Crippen LogP contribution in [0.5, 0.6) is 0 Å². The second-order valence-corrected chi connectivity index (χ2v) is 4.81. The van der Waals surface area contributed by atoms with Crippen molar-refractivity contribution in [1.29, 1.82) is 0 Å². The standard InChI is InChI=1S/C11H18N2O4S/c1-3-17-11(16)9-6(2)13-10(18-9)8(15)7(14)4-5-12/h7-8,14-15H,3-5,12H2,1-2H3. The predicted molar refractivity (Wildman–Crippen MR) is 67.4 cm³/mol. The van der Waals surface area contributed by atoms with Gasteiger partial charge in [0.1, 0.15) is 16.0 Å². The summed E-state index contributed by atoms with van der Waals surface area (Å²) in [5, 5.41) is 19.8. The number of ether oxygens (including phenoxy) is 1. The number of nitrogens with zero attached hydrogens (tertiary/aromatic N) is 1. The lowest BCUT2D eigenvalue weighted by molar-refractivity contribution is 0.0148. The second kappa shape index (κ2) is 6.79. The average molecular weight is 274 g/mol. The normalized spacial score (nSPS) is 14.3. The van der Waals surface area contributed by atoms with Crippen LogP contribution in [0.1, 0.15) is 39.8 Å². The van der Waals surface area contributed by atoms with Crippen LogP contribution in [0.25, 0.3) is 0 Å². The van der Waals surface area contributed by atoms with Crippen molar-refractivity contribution in [1.82, 2.24) is 4.98 Å². The molecule has 0 bridgehead atoms. The zero-order chi connectivity index (χ0) is 13.7. The minimum absolute atomic E-state index is 0.271. The zero-order valence-electron chi connectivity index (χ0n) is 10.4. The van der Waals surface area contributed by atoms with E-state index in [4.69, 9.17) is 10.5 Å². The van der Waals surface area contributed by atoms with Crippen LogP contribution in [0, 0.1) is 6.92 Å². The number of aromatic nitrogens is 1. The first-order valence-electron chi connectivity index (χ1n) is 5.71. The summed E-state index contributed by atoms with van der Waals surface area (Å²) in [5.74, 6) is -0.459. The zero-order valence-corrected chi connectivity index (χ0v) is 11.2. The average Bonchev–Trinajstić information content (AvgIpc) is 2.71. The lowest BCUT2D eigenvalue weighted by Crippen LogP contribution is -2.21. The van der Waals surface area contributed by atoms with Gasteiger partial charge in [0.05, 0.1) is 18.4 Å². The number of hydrogen-bond acceptors (Lipinski definition) is 7. The molecule has 0 aliphatic rings. The van der Waals surface area contributed by atoms with Crippen LogP contribution in [-0.4, -0.2) is 40.4 Å². The van der Waals surface area contributed by atoms with Gasteiger partial charge in [0.25, 0.3) is 0 Å². The molecule has 6 nitrogen and oxygen atoms in total. The van der Waals surface area contributed by atoms with Crippen molar-refractivity contribution in [2.75, 3.05) is 13.2 Å². The van der Waals surface area contributed by atoms with Crippen LogP contribution in [-0.2, 0) is 4.74 Å². The Hall–Kier alpha value is -1.02. The molecule has 0 aromatic carbocycles. The van der Waals surface area contributed by atoms with Crippen molar-refractivity contribution in [2.24, 2.45) is 5.73 Å². The Labute approximate surface area is 109 Å². The summed E-state index contributed by atoms with van der Waals surface area (Å²) in [5.41, 5.74) is 5.80. The highest BCUT2D eigenvalue weighted by Crippen LogP contribution is 2.27. The number of aryl methyl sites for hydroxylation is 1. The maximum atomic E-state index is 11.6. The van der Waals surface area contributed by atoms with Crippen molar-refractivity contribution in [2.45, 2.75) is 32.5 Å². The molecule has 1 aromatic heterocycles. The number of carbonyl (C=O) groups is 1. The minimum atomic E-state index is -1.12. The van der Waals surface area contributed by atoms with Crippen molar-refractivity contribution in [3.63, 3.8) is 0 Å². The lowest BCUT2D eigenvalue weighted by Gasteiger charge is -2.14. The van der Waals surface area contributed by atoms with Gasteiger partial charge in [-0.2, -0.15) is 0 Å². The number of rotatable bonds is 6. The second-order valence-electron chi connectivity index (χ2n) is 3.78. The van der Waals surface area contributed by atoms with E-state index < -0.39 is 18.2 Å². The van der Waals surface area contributed by atoms with Crippen molar-refractivity contribution >= 4 is 17.3 Å². The monoisotopic (exact) mass is 274 g/mol. The first kappa shape index (κ1) is 15.0. The van der Waals surface area contributed by atoms with Gasteiger partial charge in [-0.15, -0.1) is 11.3 Å². The molecular formula is C11H18N2O4S. The molecule has 2 atom stereocenters. The largest absolute Gasteiger partial charge is 0.462 e.